The van der Waals surface area contributed by atoms with Crippen LogP contribution in [0.2, 0.25) is 0 Å². The van der Waals surface area contributed by atoms with Crippen LogP contribution in [0.25, 0.3) is 0 Å². The maximum absolute atomic E-state index is 11.1. The molecule has 0 saturated carbocycles. The molecule has 0 bridgehead atoms. The van der Waals surface area contributed by atoms with Gasteiger partial charge in [0.1, 0.15) is 0 Å². The number of carbonyl (C=O) groups excluding carboxylic acids is 1. The number of benzene rings is 1. The fourth-order valence-electron chi connectivity index (χ4n) is 2.13. The van der Waals surface area contributed by atoms with Gasteiger partial charge >= 0.3 is 0 Å². The summed E-state index contributed by atoms with van der Waals surface area (Å²) in [6.07, 6.45) is 5.29. The highest BCUT2D eigenvalue weighted by molar-refractivity contribution is 5.94. The van der Waals surface area contributed by atoms with Gasteiger partial charge in [0.15, 0.2) is 5.78 Å². The highest BCUT2D eigenvalue weighted by Crippen LogP contribution is 2.29. The molecule has 2 heteroatoms. The molecule has 0 saturated heterocycles. The second-order valence-electron chi connectivity index (χ2n) is 4.34. The predicted octanol–water partition coefficient (Wildman–Crippen LogP) is 2.68. The lowest BCUT2D eigenvalue weighted by Crippen LogP contribution is -2.13. The first-order chi connectivity index (χ1) is 7.66. The summed E-state index contributed by atoms with van der Waals surface area (Å²) in [4.78, 5) is 11.1. The third-order valence-corrected chi connectivity index (χ3v) is 3.09. The van der Waals surface area contributed by atoms with Crippen molar-refractivity contribution < 1.29 is 9.90 Å². The molecule has 1 N–H and O–H groups in total. The second-order valence-corrected chi connectivity index (χ2v) is 4.34. The Bertz CT molecular complexity index is 403. The minimum atomic E-state index is -0.328. The number of aliphatic hydroxyl groups is 1. The molecule has 0 aromatic heterocycles. The molecule has 1 aliphatic rings. The number of aliphatic hydroxyl groups excluding tert-OH is 1. The summed E-state index contributed by atoms with van der Waals surface area (Å²) in [7, 11) is 0. The lowest BCUT2D eigenvalue weighted by Gasteiger charge is -2.21. The van der Waals surface area contributed by atoms with Gasteiger partial charge in [-0.15, -0.1) is 0 Å². The van der Waals surface area contributed by atoms with Crippen LogP contribution >= 0.6 is 0 Å². The van der Waals surface area contributed by atoms with Gasteiger partial charge in [-0.2, -0.15) is 0 Å². The SMILES string of the molecule is CC(=O)c1ccc([C@H]2CC=C[C@@H](O)C2)cc1. The normalized spacial score (nSPS) is 24.4. The minimum Gasteiger partial charge on any atom is -0.389 e. The van der Waals surface area contributed by atoms with Gasteiger partial charge in [0.2, 0.25) is 0 Å². The first-order valence-corrected chi connectivity index (χ1v) is 5.62. The van der Waals surface area contributed by atoms with E-state index in [1.54, 1.807) is 6.92 Å². The topological polar surface area (TPSA) is 37.3 Å². The molecule has 0 aliphatic heterocycles. The van der Waals surface area contributed by atoms with Crippen LogP contribution in [-0.2, 0) is 0 Å². The molecule has 2 atom stereocenters. The van der Waals surface area contributed by atoms with Crippen LogP contribution in [0.5, 0.6) is 0 Å². The number of rotatable bonds is 2. The Morgan fingerprint density at radius 3 is 2.56 bits per heavy atom. The van der Waals surface area contributed by atoms with Gasteiger partial charge in [0.25, 0.3) is 0 Å². The number of hydrogen-bond donors (Lipinski definition) is 1. The second kappa shape index (κ2) is 4.62. The van der Waals surface area contributed by atoms with Crippen molar-refractivity contribution in [1.29, 1.82) is 0 Å². The lowest BCUT2D eigenvalue weighted by molar-refractivity contribution is 0.101. The summed E-state index contributed by atoms with van der Waals surface area (Å²) in [5.74, 6) is 0.469. The summed E-state index contributed by atoms with van der Waals surface area (Å²) in [5.41, 5.74) is 1.95. The Balaban J connectivity index is 2.16. The maximum Gasteiger partial charge on any atom is 0.159 e. The molecule has 0 fully saturated rings. The number of ketones is 1. The first-order valence-electron chi connectivity index (χ1n) is 5.62. The average molecular weight is 216 g/mol. The molecular weight excluding hydrogens is 200 g/mol. The van der Waals surface area contributed by atoms with Gasteiger partial charge in [0, 0.05) is 5.56 Å². The molecule has 0 radical (unpaired) electrons. The summed E-state index contributed by atoms with van der Waals surface area (Å²) in [6, 6.07) is 7.71. The molecule has 2 rings (SSSR count). The number of Topliss-reactive ketones (excluding diaryl/α,β-unsaturated/α-hetero) is 1. The van der Waals surface area contributed by atoms with E-state index in [1.165, 1.54) is 5.56 Å². The number of hydrogen-bond acceptors (Lipinski definition) is 2. The van der Waals surface area contributed by atoms with Gasteiger partial charge < -0.3 is 5.11 Å². The fourth-order valence-corrected chi connectivity index (χ4v) is 2.13. The largest absolute Gasteiger partial charge is 0.389 e. The van der Waals surface area contributed by atoms with E-state index in [0.717, 1.165) is 18.4 Å². The van der Waals surface area contributed by atoms with Crippen molar-refractivity contribution in [2.75, 3.05) is 0 Å². The zero-order chi connectivity index (χ0) is 11.5. The standard InChI is InChI=1S/C14H16O2/c1-10(15)11-5-7-12(8-6-11)13-3-2-4-14(16)9-13/h2,4-8,13-14,16H,3,9H2,1H3/t13-,14+/m0/s1. The Morgan fingerprint density at radius 1 is 1.31 bits per heavy atom. The van der Waals surface area contributed by atoms with E-state index in [1.807, 2.05) is 36.4 Å². The maximum atomic E-state index is 11.1. The summed E-state index contributed by atoms with van der Waals surface area (Å²) < 4.78 is 0. The highest BCUT2D eigenvalue weighted by atomic mass is 16.3. The average Bonchev–Trinajstić information content (AvgIpc) is 2.29. The summed E-state index contributed by atoms with van der Waals surface area (Å²) >= 11 is 0. The van der Waals surface area contributed by atoms with E-state index in [-0.39, 0.29) is 11.9 Å². The zero-order valence-corrected chi connectivity index (χ0v) is 9.39. The van der Waals surface area contributed by atoms with Crippen molar-refractivity contribution in [3.8, 4) is 0 Å². The molecular formula is C14H16O2. The molecule has 0 heterocycles. The van der Waals surface area contributed by atoms with Gasteiger partial charge in [0.05, 0.1) is 6.10 Å². The van der Waals surface area contributed by atoms with Crippen LogP contribution in [-0.4, -0.2) is 17.0 Å². The molecule has 84 valence electrons. The van der Waals surface area contributed by atoms with Crippen LogP contribution in [0.15, 0.2) is 36.4 Å². The van der Waals surface area contributed by atoms with Gasteiger partial charge in [-0.3, -0.25) is 4.79 Å². The van der Waals surface area contributed by atoms with Crippen LogP contribution < -0.4 is 0 Å². The van der Waals surface area contributed by atoms with E-state index < -0.39 is 0 Å². The highest BCUT2D eigenvalue weighted by Gasteiger charge is 2.17. The lowest BCUT2D eigenvalue weighted by atomic mass is 9.86. The zero-order valence-electron chi connectivity index (χ0n) is 9.39. The van der Waals surface area contributed by atoms with Gasteiger partial charge in [-0.05, 0) is 31.2 Å². The van der Waals surface area contributed by atoms with Crippen molar-refractivity contribution in [2.45, 2.75) is 31.8 Å². The third-order valence-electron chi connectivity index (χ3n) is 3.09. The Morgan fingerprint density at radius 2 is 2.00 bits per heavy atom. The minimum absolute atomic E-state index is 0.0927. The van der Waals surface area contributed by atoms with E-state index in [0.29, 0.717) is 5.92 Å². The van der Waals surface area contributed by atoms with Crippen molar-refractivity contribution in [1.82, 2.24) is 0 Å². The van der Waals surface area contributed by atoms with E-state index in [2.05, 4.69) is 0 Å². The molecule has 2 nitrogen and oxygen atoms in total. The molecule has 1 aliphatic carbocycles. The van der Waals surface area contributed by atoms with Crippen LogP contribution in [0.3, 0.4) is 0 Å². The van der Waals surface area contributed by atoms with Crippen molar-refractivity contribution in [2.24, 2.45) is 0 Å². The first kappa shape index (κ1) is 11.1. The van der Waals surface area contributed by atoms with Crippen LogP contribution in [0.1, 0.15) is 41.6 Å². The van der Waals surface area contributed by atoms with E-state index in [4.69, 9.17) is 0 Å². The monoisotopic (exact) mass is 216 g/mol. The molecule has 1 aromatic rings. The molecule has 16 heavy (non-hydrogen) atoms. The van der Waals surface area contributed by atoms with E-state index in [9.17, 15) is 9.90 Å². The Labute approximate surface area is 95.6 Å². The number of carbonyl (C=O) groups is 1. The van der Waals surface area contributed by atoms with Crippen molar-refractivity contribution >= 4 is 5.78 Å². The van der Waals surface area contributed by atoms with Crippen molar-refractivity contribution in [3.05, 3.63) is 47.5 Å². The quantitative estimate of drug-likeness (QED) is 0.609. The fraction of sp³-hybridized carbons (Fsp3) is 0.357. The molecule has 0 amide bonds. The Kier molecular flexibility index (Phi) is 3.20. The smallest absolute Gasteiger partial charge is 0.159 e. The van der Waals surface area contributed by atoms with E-state index >= 15 is 0 Å². The van der Waals surface area contributed by atoms with Crippen molar-refractivity contribution in [3.63, 3.8) is 0 Å². The van der Waals surface area contributed by atoms with Crippen LogP contribution in [0, 0.1) is 0 Å². The predicted molar refractivity (Wildman–Crippen MR) is 63.6 cm³/mol. The molecule has 1 aromatic carbocycles. The summed E-state index contributed by atoms with van der Waals surface area (Å²) in [6.45, 7) is 1.57. The number of allylic oxidation sites excluding steroid dienone is 1. The van der Waals surface area contributed by atoms with Gasteiger partial charge in [-0.25, -0.2) is 0 Å². The summed E-state index contributed by atoms with van der Waals surface area (Å²) in [5, 5.41) is 9.54. The molecule has 0 unspecified atom stereocenters. The third kappa shape index (κ3) is 2.39. The molecule has 0 spiro atoms. The van der Waals surface area contributed by atoms with Crippen LogP contribution in [0.4, 0.5) is 0 Å². The van der Waals surface area contributed by atoms with Gasteiger partial charge in [-0.1, -0.05) is 36.4 Å². The Hall–Kier alpha value is -1.41.